The highest BCUT2D eigenvalue weighted by Crippen LogP contribution is 2.18. The molecule has 3 aromatic rings. The molecule has 0 spiro atoms. The predicted octanol–water partition coefficient (Wildman–Crippen LogP) is 2.64. The van der Waals surface area contributed by atoms with E-state index in [1.54, 1.807) is 29.1 Å². The molecule has 0 aliphatic carbocycles. The topological polar surface area (TPSA) is 64.9 Å². The summed E-state index contributed by atoms with van der Waals surface area (Å²) in [6, 6.07) is 6.34. The fourth-order valence-electron chi connectivity index (χ4n) is 2.48. The molecule has 0 unspecified atom stereocenters. The molecule has 0 fully saturated rings. The third-order valence-corrected chi connectivity index (χ3v) is 3.95. The summed E-state index contributed by atoms with van der Waals surface area (Å²) in [6.07, 6.45) is 3.52. The number of hydrogen-bond donors (Lipinski definition) is 1. The Morgan fingerprint density at radius 3 is 3.04 bits per heavy atom. The van der Waals surface area contributed by atoms with E-state index in [9.17, 15) is 4.39 Å². The zero-order chi connectivity index (χ0) is 16.5. The first-order valence-electron chi connectivity index (χ1n) is 7.37. The van der Waals surface area contributed by atoms with Gasteiger partial charge >= 0.3 is 6.01 Å². The zero-order valence-corrected chi connectivity index (χ0v) is 13.3. The van der Waals surface area contributed by atoms with Crippen LogP contribution in [0, 0.1) is 5.82 Å². The maximum Gasteiger partial charge on any atom is 0.318 e. The zero-order valence-electron chi connectivity index (χ0n) is 12.5. The second-order valence-corrected chi connectivity index (χ2v) is 5.81. The first kappa shape index (κ1) is 15.0. The normalized spacial score (nSPS) is 13.1. The van der Waals surface area contributed by atoms with Gasteiger partial charge in [-0.05, 0) is 12.1 Å². The number of hydrogen-bond acceptors (Lipinski definition) is 5. The monoisotopic (exact) mass is 345 g/mol. The van der Waals surface area contributed by atoms with Crippen LogP contribution in [-0.4, -0.2) is 19.7 Å². The van der Waals surface area contributed by atoms with Crippen molar-refractivity contribution in [3.8, 4) is 11.8 Å². The summed E-state index contributed by atoms with van der Waals surface area (Å²) in [6.45, 7) is 1.58. The van der Waals surface area contributed by atoms with Crippen LogP contribution in [-0.2, 0) is 19.7 Å². The van der Waals surface area contributed by atoms with Crippen LogP contribution in [0.5, 0.6) is 6.01 Å². The van der Waals surface area contributed by atoms with Gasteiger partial charge in [-0.1, -0.05) is 17.7 Å². The van der Waals surface area contributed by atoms with Gasteiger partial charge in [-0.2, -0.15) is 10.1 Å². The molecule has 0 amide bonds. The largest absolute Gasteiger partial charge is 0.458 e. The van der Waals surface area contributed by atoms with Crippen molar-refractivity contribution in [3.05, 3.63) is 64.3 Å². The van der Waals surface area contributed by atoms with Crippen molar-refractivity contribution in [1.29, 1.82) is 0 Å². The molecule has 122 valence electrons. The molecule has 2 aromatic heterocycles. The third kappa shape index (κ3) is 2.95. The van der Waals surface area contributed by atoms with Crippen LogP contribution in [0.25, 0.3) is 5.82 Å². The van der Waals surface area contributed by atoms with Crippen LogP contribution in [0.15, 0.2) is 36.7 Å². The highest BCUT2D eigenvalue weighted by atomic mass is 35.5. The summed E-state index contributed by atoms with van der Waals surface area (Å²) in [7, 11) is 0. The molecule has 0 atom stereocenters. The van der Waals surface area contributed by atoms with Crippen molar-refractivity contribution in [2.75, 3.05) is 0 Å². The van der Waals surface area contributed by atoms with Gasteiger partial charge in [0.15, 0.2) is 5.82 Å². The van der Waals surface area contributed by atoms with Crippen LogP contribution in [0.2, 0.25) is 5.02 Å². The van der Waals surface area contributed by atoms with Gasteiger partial charge in [0, 0.05) is 47.7 Å². The molecule has 6 nitrogen and oxygen atoms in total. The summed E-state index contributed by atoms with van der Waals surface area (Å²) >= 11 is 5.73. The van der Waals surface area contributed by atoms with E-state index in [4.69, 9.17) is 16.3 Å². The van der Waals surface area contributed by atoms with Crippen LogP contribution in [0.1, 0.15) is 16.8 Å². The van der Waals surface area contributed by atoms with Crippen LogP contribution >= 0.6 is 11.6 Å². The minimum atomic E-state index is -0.422. The van der Waals surface area contributed by atoms with Gasteiger partial charge in [0.05, 0.1) is 5.69 Å². The second kappa shape index (κ2) is 6.18. The van der Waals surface area contributed by atoms with Gasteiger partial charge in [0.25, 0.3) is 0 Å². The van der Waals surface area contributed by atoms with Crippen LogP contribution < -0.4 is 10.1 Å². The Balaban J connectivity index is 1.52. The number of ether oxygens (including phenoxy) is 1. The summed E-state index contributed by atoms with van der Waals surface area (Å²) in [5.41, 5.74) is 2.55. The number of rotatable bonds is 4. The van der Waals surface area contributed by atoms with Crippen molar-refractivity contribution >= 4 is 11.6 Å². The highest BCUT2D eigenvalue weighted by Gasteiger charge is 2.16. The van der Waals surface area contributed by atoms with Gasteiger partial charge in [-0.25, -0.2) is 14.1 Å². The van der Waals surface area contributed by atoms with Gasteiger partial charge in [0.1, 0.15) is 12.4 Å². The molecule has 3 heterocycles. The third-order valence-electron chi connectivity index (χ3n) is 3.71. The summed E-state index contributed by atoms with van der Waals surface area (Å²) in [4.78, 5) is 8.37. The molecule has 1 N–H and O–H groups in total. The van der Waals surface area contributed by atoms with Gasteiger partial charge < -0.3 is 10.1 Å². The fourth-order valence-corrected chi connectivity index (χ4v) is 2.64. The molecule has 0 saturated carbocycles. The van der Waals surface area contributed by atoms with Crippen LogP contribution in [0.3, 0.4) is 0 Å². The summed E-state index contributed by atoms with van der Waals surface area (Å²) in [5.74, 6) is 0.181. The van der Waals surface area contributed by atoms with E-state index in [1.807, 2.05) is 6.20 Å². The van der Waals surface area contributed by atoms with E-state index in [1.165, 1.54) is 6.07 Å². The lowest BCUT2D eigenvalue weighted by molar-refractivity contribution is 0.275. The van der Waals surface area contributed by atoms with E-state index in [0.29, 0.717) is 16.4 Å². The maximum atomic E-state index is 13.8. The first-order valence-corrected chi connectivity index (χ1v) is 7.75. The van der Waals surface area contributed by atoms with Gasteiger partial charge in [0.2, 0.25) is 0 Å². The highest BCUT2D eigenvalue weighted by molar-refractivity contribution is 6.30. The average molecular weight is 346 g/mol. The predicted molar refractivity (Wildman–Crippen MR) is 85.4 cm³/mol. The van der Waals surface area contributed by atoms with Crippen LogP contribution in [0.4, 0.5) is 4.39 Å². The lowest BCUT2D eigenvalue weighted by atomic mass is 10.2. The van der Waals surface area contributed by atoms with Crippen molar-refractivity contribution < 1.29 is 9.13 Å². The average Bonchev–Trinajstić information content (AvgIpc) is 3.16. The molecule has 1 aromatic carbocycles. The Morgan fingerprint density at radius 1 is 1.29 bits per heavy atom. The van der Waals surface area contributed by atoms with E-state index in [2.05, 4.69) is 20.4 Å². The molecule has 24 heavy (non-hydrogen) atoms. The lowest BCUT2D eigenvalue weighted by Gasteiger charge is -2.07. The van der Waals surface area contributed by atoms with E-state index in [-0.39, 0.29) is 12.6 Å². The Kier molecular flexibility index (Phi) is 3.87. The molecule has 0 radical (unpaired) electrons. The van der Waals surface area contributed by atoms with E-state index < -0.39 is 5.82 Å². The Hall–Kier alpha value is -2.51. The Morgan fingerprint density at radius 2 is 2.21 bits per heavy atom. The smallest absolute Gasteiger partial charge is 0.318 e. The molecule has 1 aliphatic rings. The number of nitrogens with zero attached hydrogens (tertiary/aromatic N) is 4. The number of aromatic nitrogens is 4. The lowest BCUT2D eigenvalue weighted by Crippen LogP contribution is -2.07. The van der Waals surface area contributed by atoms with E-state index >= 15 is 0 Å². The number of halogens is 2. The van der Waals surface area contributed by atoms with Crippen molar-refractivity contribution in [2.24, 2.45) is 0 Å². The molecule has 8 heteroatoms. The summed E-state index contributed by atoms with van der Waals surface area (Å²) < 4.78 is 21.0. The first-order chi connectivity index (χ1) is 11.7. The Bertz CT molecular complexity index is 876. The van der Waals surface area contributed by atoms with Crippen molar-refractivity contribution in [1.82, 2.24) is 25.1 Å². The summed E-state index contributed by atoms with van der Waals surface area (Å²) in [5, 5.41) is 8.05. The molecule has 4 rings (SSSR count). The van der Waals surface area contributed by atoms with Gasteiger partial charge in [-0.15, -0.1) is 0 Å². The molecule has 0 bridgehead atoms. The number of nitrogens with one attached hydrogen (secondary N) is 1. The standard InChI is InChI=1S/C16H13ClFN5O/c17-12-2-1-10(13(18)5-12)9-24-16-20-4-3-15(21-16)23-8-11-6-19-7-14(11)22-23/h1-5,8,19H,6-7,9H2. The Labute approximate surface area is 142 Å². The fraction of sp³-hybridized carbons (Fsp3) is 0.188. The molecular weight excluding hydrogens is 333 g/mol. The minimum Gasteiger partial charge on any atom is -0.458 e. The molecule has 1 aliphatic heterocycles. The number of benzene rings is 1. The van der Waals surface area contributed by atoms with E-state index in [0.717, 1.165) is 24.3 Å². The van der Waals surface area contributed by atoms with Crippen molar-refractivity contribution in [3.63, 3.8) is 0 Å². The molecule has 0 saturated heterocycles. The number of fused-ring (bicyclic) bond motifs is 1. The maximum absolute atomic E-state index is 13.8. The minimum absolute atomic E-state index is 0.0198. The quantitative estimate of drug-likeness (QED) is 0.787. The SMILES string of the molecule is Fc1cc(Cl)ccc1COc1nccc(-n2cc3c(n2)CNC3)n1. The molecular formula is C16H13ClFN5O. The van der Waals surface area contributed by atoms with Gasteiger partial charge in [-0.3, -0.25) is 0 Å². The second-order valence-electron chi connectivity index (χ2n) is 5.37. The van der Waals surface area contributed by atoms with Crippen molar-refractivity contribution in [2.45, 2.75) is 19.7 Å².